The zero-order valence-corrected chi connectivity index (χ0v) is 37.2. The van der Waals surface area contributed by atoms with Crippen LogP contribution in [0.3, 0.4) is 0 Å². The Morgan fingerprint density at radius 2 is 1.33 bits per heavy atom. The van der Waals surface area contributed by atoms with Crippen LogP contribution >= 0.6 is 0 Å². The van der Waals surface area contributed by atoms with Gasteiger partial charge in [0.1, 0.15) is 5.82 Å². The number of hydrogen-bond acceptors (Lipinski definition) is 13. The summed E-state index contributed by atoms with van der Waals surface area (Å²) in [6.07, 6.45) is 8.15. The zero-order chi connectivity index (χ0) is 46.1. The minimum Gasteiger partial charge on any atom is -0.388 e. The number of rotatable bonds is 11. The van der Waals surface area contributed by atoms with Crippen LogP contribution in [0.1, 0.15) is 58.5 Å². The van der Waals surface area contributed by atoms with Crippen LogP contribution in [0.5, 0.6) is 0 Å². The van der Waals surface area contributed by atoms with Gasteiger partial charge in [0.15, 0.2) is 0 Å². The predicted molar refractivity (Wildman–Crippen MR) is 261 cm³/mol. The van der Waals surface area contributed by atoms with E-state index >= 15 is 0 Å². The van der Waals surface area contributed by atoms with Crippen molar-refractivity contribution in [3.8, 4) is 0 Å². The Morgan fingerprint density at radius 3 is 1.94 bits per heavy atom. The lowest BCUT2D eigenvalue weighted by molar-refractivity contribution is 0.0760. The van der Waals surface area contributed by atoms with Gasteiger partial charge in [-0.25, -0.2) is 14.4 Å². The van der Waals surface area contributed by atoms with E-state index in [-0.39, 0.29) is 17.6 Å². The van der Waals surface area contributed by atoms with E-state index in [1.165, 1.54) is 35.7 Å². The van der Waals surface area contributed by atoms with Crippen molar-refractivity contribution in [2.75, 3.05) is 75.2 Å². The van der Waals surface area contributed by atoms with Crippen LogP contribution in [0.25, 0.3) is 16.6 Å². The van der Waals surface area contributed by atoms with E-state index in [0.717, 1.165) is 63.7 Å². The summed E-state index contributed by atoms with van der Waals surface area (Å²) < 4.78 is 13.4. The third kappa shape index (κ3) is 14.7. The molecule has 2 saturated heterocycles. The molecule has 6 N–H and O–H groups in total. The fourth-order valence-electron chi connectivity index (χ4n) is 6.73. The second kappa shape index (κ2) is 26.9. The second-order valence-corrected chi connectivity index (χ2v) is 14.1. The first-order valence-corrected chi connectivity index (χ1v) is 21.4. The molecule has 2 fully saturated rings. The Hall–Kier alpha value is -7.33. The smallest absolute Gasteiger partial charge is 0.256 e. The van der Waals surface area contributed by atoms with Gasteiger partial charge < -0.3 is 36.2 Å². The Kier molecular flexibility index (Phi) is 20.7. The van der Waals surface area contributed by atoms with Crippen molar-refractivity contribution in [1.82, 2.24) is 30.4 Å². The molecule has 0 saturated carbocycles. The zero-order valence-electron chi connectivity index (χ0n) is 37.2. The average Bonchev–Trinajstić information content (AvgIpc) is 3.77. The molecular formula is C48H60FN13O2. The van der Waals surface area contributed by atoms with E-state index < -0.39 is 0 Å². The maximum Gasteiger partial charge on any atom is 0.256 e. The van der Waals surface area contributed by atoms with E-state index in [0.29, 0.717) is 59.0 Å². The SMILES string of the molecule is C=C(NC)c1ccccc1C.CC.N=C/C=N\Nc1ccccc1C(=O)N1CCCN(c2ncc3cc(F)ccc3n2)CC1.N=C/C=N\Nc1ccccc1C(=O)N1CCCNCC1. The third-order valence-corrected chi connectivity index (χ3v) is 9.98. The first kappa shape index (κ1) is 49.3. The Morgan fingerprint density at radius 1 is 0.750 bits per heavy atom. The topological polar surface area (TPSA) is 190 Å². The van der Waals surface area contributed by atoms with Crippen molar-refractivity contribution >= 4 is 70.6 Å². The van der Waals surface area contributed by atoms with E-state index in [1.807, 2.05) is 73.2 Å². The highest BCUT2D eigenvalue weighted by Gasteiger charge is 2.24. The number of aromatic nitrogens is 2. The van der Waals surface area contributed by atoms with Crippen LogP contribution in [0.2, 0.25) is 0 Å². The van der Waals surface area contributed by atoms with Crippen LogP contribution in [-0.2, 0) is 0 Å². The molecule has 64 heavy (non-hydrogen) atoms. The summed E-state index contributed by atoms with van der Waals surface area (Å²) in [7, 11) is 1.88. The van der Waals surface area contributed by atoms with Crippen LogP contribution in [0.4, 0.5) is 21.7 Å². The molecule has 7 rings (SSSR count). The first-order valence-electron chi connectivity index (χ1n) is 21.4. The molecule has 4 aromatic carbocycles. The molecule has 5 aromatic rings. The predicted octanol–water partition coefficient (Wildman–Crippen LogP) is 7.55. The van der Waals surface area contributed by atoms with E-state index in [4.69, 9.17) is 10.8 Å². The number of para-hydroxylation sites is 2. The summed E-state index contributed by atoms with van der Waals surface area (Å²) >= 11 is 0. The van der Waals surface area contributed by atoms with Gasteiger partial charge in [0, 0.05) is 82.6 Å². The fourth-order valence-corrected chi connectivity index (χ4v) is 6.73. The minimum absolute atomic E-state index is 0.0156. The van der Waals surface area contributed by atoms with Gasteiger partial charge in [0.25, 0.3) is 11.8 Å². The Bertz CT molecular complexity index is 2360. The van der Waals surface area contributed by atoms with Gasteiger partial charge in [-0.2, -0.15) is 10.2 Å². The summed E-state index contributed by atoms with van der Waals surface area (Å²) in [5, 5.41) is 28.7. The molecule has 0 aliphatic carbocycles. The summed E-state index contributed by atoms with van der Waals surface area (Å²) in [4.78, 5) is 40.4. The van der Waals surface area contributed by atoms with Gasteiger partial charge in [0.05, 0.1) is 40.4 Å². The van der Waals surface area contributed by atoms with Crippen molar-refractivity contribution in [3.05, 3.63) is 132 Å². The van der Waals surface area contributed by atoms with Crippen molar-refractivity contribution in [3.63, 3.8) is 0 Å². The molecule has 16 heteroatoms. The van der Waals surface area contributed by atoms with Crippen molar-refractivity contribution < 1.29 is 14.0 Å². The number of hydrogen-bond donors (Lipinski definition) is 6. The summed E-state index contributed by atoms with van der Waals surface area (Å²) in [5.41, 5.74) is 12.1. The Balaban J connectivity index is 0.000000232. The monoisotopic (exact) mass is 869 g/mol. The molecule has 0 bridgehead atoms. The van der Waals surface area contributed by atoms with Crippen LogP contribution in [0.15, 0.2) is 114 Å². The van der Waals surface area contributed by atoms with Gasteiger partial charge in [0.2, 0.25) is 5.95 Å². The minimum atomic E-state index is -0.314. The molecule has 2 aliphatic rings. The lowest BCUT2D eigenvalue weighted by Gasteiger charge is -2.23. The van der Waals surface area contributed by atoms with Crippen LogP contribution in [-0.4, -0.2) is 116 Å². The van der Waals surface area contributed by atoms with Crippen molar-refractivity contribution in [2.24, 2.45) is 10.2 Å². The number of amides is 2. The number of carbonyl (C=O) groups is 2. The molecule has 0 spiro atoms. The summed E-state index contributed by atoms with van der Waals surface area (Å²) in [6, 6.07) is 27.1. The van der Waals surface area contributed by atoms with Gasteiger partial charge >= 0.3 is 0 Å². The lowest BCUT2D eigenvalue weighted by atomic mass is 10.1. The van der Waals surface area contributed by atoms with E-state index in [9.17, 15) is 14.0 Å². The normalized spacial score (nSPS) is 13.7. The molecule has 0 radical (unpaired) electrons. The molecule has 15 nitrogen and oxygen atoms in total. The second-order valence-electron chi connectivity index (χ2n) is 14.1. The summed E-state index contributed by atoms with van der Waals surface area (Å²) in [5.74, 6) is 0.203. The van der Waals surface area contributed by atoms with Gasteiger partial charge in [-0.05, 0) is 79.9 Å². The largest absolute Gasteiger partial charge is 0.388 e. The molecule has 2 amide bonds. The average molecular weight is 870 g/mol. The molecule has 1 aromatic heterocycles. The standard InChI is InChI=1S/C22H22FN7O.C14H19N5O.C10H13N.C2H6/c23-17-6-7-19-16(14-17)15-25-22(27-19)30-11-3-10-29(12-13-30)21(31)18-4-1-2-5-20(18)28-26-9-8-24;15-6-8-17-18-13-5-2-1-4-12(13)14(20)19-10-3-7-16-9-11-19;1-8-6-4-5-7-10(8)9(2)11-3;1-2/h1-2,4-9,14-15,24,28H,3,10-13H2;1-2,4-6,8,15-16,18H,3,7,9-11H2;4-7,11H,2H2,1,3H3;1-2H3/b24-8?,26-9-;15-6?,17-8-;;. The number of halogens is 1. The lowest BCUT2D eigenvalue weighted by Crippen LogP contribution is -2.35. The van der Waals surface area contributed by atoms with Gasteiger partial charge in [-0.15, -0.1) is 0 Å². The highest BCUT2D eigenvalue weighted by molar-refractivity contribution is 6.15. The highest BCUT2D eigenvalue weighted by Crippen LogP contribution is 2.22. The molecule has 0 unspecified atom stereocenters. The first-order chi connectivity index (χ1) is 31.2. The van der Waals surface area contributed by atoms with E-state index in [1.54, 1.807) is 30.5 Å². The number of anilines is 3. The quantitative estimate of drug-likeness (QED) is 0.0575. The van der Waals surface area contributed by atoms with Gasteiger partial charge in [-0.3, -0.25) is 20.4 Å². The highest BCUT2D eigenvalue weighted by atomic mass is 19.1. The number of nitrogens with zero attached hydrogens (tertiary/aromatic N) is 7. The fraction of sp³-hybridized carbons (Fsp3) is 0.292. The molecule has 2 aliphatic heterocycles. The third-order valence-electron chi connectivity index (χ3n) is 9.98. The molecule has 3 heterocycles. The maximum atomic E-state index is 13.4. The number of aryl methyl sites for hydroxylation is 1. The molecule has 0 atom stereocenters. The number of fused-ring (bicyclic) bond motifs is 1. The van der Waals surface area contributed by atoms with Crippen molar-refractivity contribution in [2.45, 2.75) is 33.6 Å². The number of carbonyl (C=O) groups excluding carboxylic acids is 2. The van der Waals surface area contributed by atoms with E-state index in [2.05, 4.69) is 72.2 Å². The number of nitrogens with one attached hydrogen (secondary N) is 6. The van der Waals surface area contributed by atoms with Crippen LogP contribution in [0, 0.1) is 23.6 Å². The maximum absolute atomic E-state index is 13.4. The number of hydrazone groups is 2. The van der Waals surface area contributed by atoms with Gasteiger partial charge in [-0.1, -0.05) is 69.0 Å². The molecule has 336 valence electrons. The summed E-state index contributed by atoms with van der Waals surface area (Å²) in [6.45, 7) is 15.7. The van der Waals surface area contributed by atoms with Crippen LogP contribution < -0.4 is 26.4 Å². The van der Waals surface area contributed by atoms with Crippen molar-refractivity contribution in [1.29, 1.82) is 10.8 Å². The number of benzene rings is 4. The Labute approximate surface area is 375 Å². The molecular weight excluding hydrogens is 810 g/mol.